The number of amides is 1. The summed E-state index contributed by atoms with van der Waals surface area (Å²) in [5.41, 5.74) is 7.96. The molecule has 0 saturated heterocycles. The molecule has 5 nitrogen and oxygen atoms in total. The number of carbonyl (C=O) groups excluding carboxylic acids is 1. The Labute approximate surface area is 118 Å². The molecule has 0 radical (unpaired) electrons. The van der Waals surface area contributed by atoms with Gasteiger partial charge in [-0.2, -0.15) is 0 Å². The zero-order chi connectivity index (χ0) is 14.5. The molecule has 1 amide bonds. The van der Waals surface area contributed by atoms with Crippen molar-refractivity contribution in [1.29, 1.82) is 0 Å². The van der Waals surface area contributed by atoms with Crippen molar-refractivity contribution in [3.63, 3.8) is 0 Å². The van der Waals surface area contributed by atoms with Crippen molar-refractivity contribution < 1.29 is 10.0 Å². The summed E-state index contributed by atoms with van der Waals surface area (Å²) < 4.78 is 0. The van der Waals surface area contributed by atoms with Gasteiger partial charge in [0, 0.05) is 6.42 Å². The van der Waals surface area contributed by atoms with Gasteiger partial charge in [0.1, 0.15) is 0 Å². The molecule has 108 valence electrons. The number of aryl methyl sites for hydroxylation is 2. The van der Waals surface area contributed by atoms with Crippen LogP contribution >= 0.6 is 0 Å². The molecular formula is C15H21N3O2. The standard InChI is InChI=1S/C15H21N3O2/c1-10-2-4-11(5-3-10)6-9-13(19)17-14(12-7-8-12)15(16)18-20/h2-5,12,14,20H,6-9H2,1H3,(H2,16,18)(H,17,19). The lowest BCUT2D eigenvalue weighted by atomic mass is 10.1. The highest BCUT2D eigenvalue weighted by atomic mass is 16.4. The van der Waals surface area contributed by atoms with E-state index < -0.39 is 0 Å². The molecule has 1 fully saturated rings. The van der Waals surface area contributed by atoms with Crippen molar-refractivity contribution in [3.05, 3.63) is 35.4 Å². The Hall–Kier alpha value is -2.04. The van der Waals surface area contributed by atoms with E-state index in [1.54, 1.807) is 0 Å². The number of rotatable bonds is 6. The maximum Gasteiger partial charge on any atom is 0.220 e. The Morgan fingerprint density at radius 2 is 2.10 bits per heavy atom. The first-order valence-electron chi connectivity index (χ1n) is 6.92. The second-order valence-electron chi connectivity index (χ2n) is 5.39. The average Bonchev–Trinajstić information content (AvgIpc) is 3.28. The Morgan fingerprint density at radius 3 is 2.65 bits per heavy atom. The van der Waals surface area contributed by atoms with Crippen molar-refractivity contribution in [1.82, 2.24) is 5.32 Å². The minimum absolute atomic E-state index is 0.0610. The fourth-order valence-corrected chi connectivity index (χ4v) is 2.18. The zero-order valence-electron chi connectivity index (χ0n) is 11.7. The van der Waals surface area contributed by atoms with Gasteiger partial charge in [-0.15, -0.1) is 0 Å². The monoisotopic (exact) mass is 275 g/mol. The van der Waals surface area contributed by atoms with Crippen LogP contribution in [0.4, 0.5) is 0 Å². The summed E-state index contributed by atoms with van der Waals surface area (Å²) in [7, 11) is 0. The molecule has 0 spiro atoms. The smallest absolute Gasteiger partial charge is 0.220 e. The number of oxime groups is 1. The van der Waals surface area contributed by atoms with Crippen LogP contribution in [0.25, 0.3) is 0 Å². The summed E-state index contributed by atoms with van der Waals surface area (Å²) in [6, 6.07) is 7.81. The van der Waals surface area contributed by atoms with Crippen LogP contribution in [0.2, 0.25) is 0 Å². The lowest BCUT2D eigenvalue weighted by Crippen LogP contribution is -2.46. The number of nitrogens with one attached hydrogen (secondary N) is 1. The van der Waals surface area contributed by atoms with Gasteiger partial charge in [0.05, 0.1) is 6.04 Å². The van der Waals surface area contributed by atoms with Gasteiger partial charge >= 0.3 is 0 Å². The van der Waals surface area contributed by atoms with E-state index in [0.29, 0.717) is 18.8 Å². The van der Waals surface area contributed by atoms with Gasteiger partial charge in [0.2, 0.25) is 5.91 Å². The van der Waals surface area contributed by atoms with Crippen LogP contribution in [0, 0.1) is 12.8 Å². The number of benzene rings is 1. The summed E-state index contributed by atoms with van der Waals surface area (Å²) in [4.78, 5) is 11.9. The normalized spacial score (nSPS) is 16.8. The number of amidine groups is 1. The fourth-order valence-electron chi connectivity index (χ4n) is 2.18. The van der Waals surface area contributed by atoms with E-state index in [1.165, 1.54) is 5.56 Å². The molecule has 1 unspecified atom stereocenters. The second-order valence-corrected chi connectivity index (χ2v) is 5.39. The van der Waals surface area contributed by atoms with Crippen molar-refractivity contribution >= 4 is 11.7 Å². The maximum atomic E-state index is 11.9. The van der Waals surface area contributed by atoms with Gasteiger partial charge in [0.25, 0.3) is 0 Å². The molecule has 1 aliphatic carbocycles. The zero-order valence-corrected chi connectivity index (χ0v) is 11.7. The van der Waals surface area contributed by atoms with Gasteiger partial charge in [-0.1, -0.05) is 35.0 Å². The van der Waals surface area contributed by atoms with E-state index in [-0.39, 0.29) is 17.8 Å². The molecule has 1 aromatic rings. The largest absolute Gasteiger partial charge is 0.409 e. The average molecular weight is 275 g/mol. The van der Waals surface area contributed by atoms with Gasteiger partial charge in [-0.05, 0) is 37.7 Å². The molecule has 1 atom stereocenters. The molecular weight excluding hydrogens is 254 g/mol. The lowest BCUT2D eigenvalue weighted by molar-refractivity contribution is -0.121. The molecule has 1 saturated carbocycles. The Balaban J connectivity index is 1.83. The lowest BCUT2D eigenvalue weighted by Gasteiger charge is -2.16. The minimum atomic E-state index is -0.328. The van der Waals surface area contributed by atoms with Crippen LogP contribution in [0.15, 0.2) is 29.4 Å². The van der Waals surface area contributed by atoms with Crippen LogP contribution < -0.4 is 11.1 Å². The third kappa shape index (κ3) is 3.98. The molecule has 0 aliphatic heterocycles. The second kappa shape index (κ2) is 6.41. The highest BCUT2D eigenvalue weighted by molar-refractivity contribution is 5.90. The molecule has 0 heterocycles. The molecule has 0 bridgehead atoms. The number of carbonyl (C=O) groups is 1. The number of nitrogens with two attached hydrogens (primary N) is 1. The van der Waals surface area contributed by atoms with Crippen LogP contribution in [0.3, 0.4) is 0 Å². The van der Waals surface area contributed by atoms with Crippen molar-refractivity contribution in [2.24, 2.45) is 16.8 Å². The van der Waals surface area contributed by atoms with Crippen molar-refractivity contribution in [2.45, 2.75) is 38.6 Å². The van der Waals surface area contributed by atoms with Crippen LogP contribution in [-0.4, -0.2) is 23.0 Å². The van der Waals surface area contributed by atoms with Crippen molar-refractivity contribution in [2.75, 3.05) is 0 Å². The predicted octanol–water partition coefficient (Wildman–Crippen LogP) is 1.57. The van der Waals surface area contributed by atoms with Crippen molar-refractivity contribution in [3.8, 4) is 0 Å². The van der Waals surface area contributed by atoms with Gasteiger partial charge in [-0.3, -0.25) is 4.79 Å². The maximum absolute atomic E-state index is 11.9. The molecule has 1 aliphatic rings. The Bertz CT molecular complexity index is 492. The van der Waals surface area contributed by atoms with Crippen LogP contribution in [-0.2, 0) is 11.2 Å². The molecule has 5 heteroatoms. The third-order valence-electron chi connectivity index (χ3n) is 3.61. The Morgan fingerprint density at radius 1 is 1.45 bits per heavy atom. The molecule has 0 aromatic heterocycles. The third-order valence-corrected chi connectivity index (χ3v) is 3.61. The van der Waals surface area contributed by atoms with E-state index in [2.05, 4.69) is 10.5 Å². The number of nitrogens with zero attached hydrogens (tertiary/aromatic N) is 1. The quantitative estimate of drug-likeness (QED) is 0.319. The first kappa shape index (κ1) is 14.4. The number of hydrogen-bond donors (Lipinski definition) is 3. The first-order valence-corrected chi connectivity index (χ1v) is 6.92. The van der Waals surface area contributed by atoms with Gasteiger partial charge in [-0.25, -0.2) is 0 Å². The van der Waals surface area contributed by atoms with Gasteiger partial charge in [0.15, 0.2) is 5.84 Å². The molecule has 20 heavy (non-hydrogen) atoms. The van der Waals surface area contributed by atoms with E-state index in [1.807, 2.05) is 31.2 Å². The fraction of sp³-hybridized carbons (Fsp3) is 0.467. The van der Waals surface area contributed by atoms with E-state index >= 15 is 0 Å². The highest BCUT2D eigenvalue weighted by Crippen LogP contribution is 2.32. The Kier molecular flexibility index (Phi) is 4.61. The first-order chi connectivity index (χ1) is 9.60. The minimum Gasteiger partial charge on any atom is -0.409 e. The summed E-state index contributed by atoms with van der Waals surface area (Å²) >= 11 is 0. The topological polar surface area (TPSA) is 87.7 Å². The molecule has 2 rings (SSSR count). The SMILES string of the molecule is Cc1ccc(CCC(=O)NC(C(N)=NO)C2CC2)cc1. The van der Waals surface area contributed by atoms with Crippen LogP contribution in [0.5, 0.6) is 0 Å². The number of hydrogen-bond acceptors (Lipinski definition) is 3. The predicted molar refractivity (Wildman–Crippen MR) is 77.6 cm³/mol. The molecule has 1 aromatic carbocycles. The highest BCUT2D eigenvalue weighted by Gasteiger charge is 2.35. The summed E-state index contributed by atoms with van der Waals surface area (Å²) in [6.45, 7) is 2.04. The summed E-state index contributed by atoms with van der Waals surface area (Å²) in [6.07, 6.45) is 3.13. The summed E-state index contributed by atoms with van der Waals surface area (Å²) in [5.74, 6) is 0.347. The van der Waals surface area contributed by atoms with Gasteiger partial charge < -0.3 is 16.3 Å². The van der Waals surface area contributed by atoms with E-state index in [0.717, 1.165) is 18.4 Å². The summed E-state index contributed by atoms with van der Waals surface area (Å²) in [5, 5.41) is 14.6. The van der Waals surface area contributed by atoms with Crippen LogP contribution in [0.1, 0.15) is 30.4 Å². The molecule has 4 N–H and O–H groups in total. The van der Waals surface area contributed by atoms with E-state index in [4.69, 9.17) is 10.9 Å². The van der Waals surface area contributed by atoms with E-state index in [9.17, 15) is 4.79 Å².